The van der Waals surface area contributed by atoms with Gasteiger partial charge in [0.05, 0.1) is 18.1 Å². The summed E-state index contributed by atoms with van der Waals surface area (Å²) in [5.74, 6) is -0.671. The van der Waals surface area contributed by atoms with Crippen molar-refractivity contribution in [1.29, 1.82) is 0 Å². The quantitative estimate of drug-likeness (QED) is 0.783. The van der Waals surface area contributed by atoms with Crippen LogP contribution < -0.4 is 0 Å². The van der Waals surface area contributed by atoms with Crippen molar-refractivity contribution < 1.29 is 22.8 Å². The van der Waals surface area contributed by atoms with E-state index in [1.54, 1.807) is 30.5 Å². The highest BCUT2D eigenvalue weighted by molar-refractivity contribution is 5.49. The van der Waals surface area contributed by atoms with E-state index in [9.17, 15) is 13.9 Å². The third-order valence-corrected chi connectivity index (χ3v) is 4.40. The number of halogens is 2. The number of nitrogens with zero attached hydrogens (tertiary/aromatic N) is 2. The molecule has 0 spiro atoms. The number of rotatable bonds is 4. The molecular weight excluding hydrogens is 330 g/mol. The number of β-amino-alcohol motifs (C(OH)–C–C–N with tert-alkyl or cyclic N) is 1. The summed E-state index contributed by atoms with van der Waals surface area (Å²) in [7, 11) is 0. The monoisotopic (exact) mass is 346 g/mol. The number of aliphatic hydroxyl groups is 1. The summed E-state index contributed by atoms with van der Waals surface area (Å²) in [6.45, 7) is 0.845. The molecular formula is C18H16F2N2O3. The lowest BCUT2D eigenvalue weighted by molar-refractivity contribution is 0.171. The van der Waals surface area contributed by atoms with Gasteiger partial charge in [-0.3, -0.25) is 4.90 Å². The fourth-order valence-corrected chi connectivity index (χ4v) is 3.25. The molecule has 1 saturated heterocycles. The Labute approximate surface area is 142 Å². The molecule has 4 rings (SSSR count). The number of aliphatic hydroxyl groups excluding tert-OH is 1. The molecule has 3 heterocycles. The standard InChI is InChI=1S/C18H16F2N2O3/c19-14-4-3-11(6-15(14)20)16-8-13(23)10-22(16)9-12-7-18(25-21-12)17-2-1-5-24-17/h1-7,13,16,23H,8-10H2/t13-,16+/m1/s1. The van der Waals surface area contributed by atoms with Gasteiger partial charge in [-0.25, -0.2) is 8.78 Å². The second-order valence-corrected chi connectivity index (χ2v) is 6.17. The maximum Gasteiger partial charge on any atom is 0.202 e. The Morgan fingerprint density at radius 2 is 2.04 bits per heavy atom. The van der Waals surface area contributed by atoms with E-state index in [1.165, 1.54) is 6.07 Å². The van der Waals surface area contributed by atoms with E-state index >= 15 is 0 Å². The number of hydrogen-bond donors (Lipinski definition) is 1. The van der Waals surface area contributed by atoms with Gasteiger partial charge < -0.3 is 14.0 Å². The van der Waals surface area contributed by atoms with Crippen molar-refractivity contribution in [1.82, 2.24) is 10.1 Å². The molecule has 0 unspecified atom stereocenters. The summed E-state index contributed by atoms with van der Waals surface area (Å²) in [6.07, 6.45) is 1.47. The first kappa shape index (κ1) is 16.0. The summed E-state index contributed by atoms with van der Waals surface area (Å²) in [5, 5.41) is 14.0. The maximum atomic E-state index is 13.6. The van der Waals surface area contributed by atoms with Crippen LogP contribution in [0.15, 0.2) is 51.6 Å². The van der Waals surface area contributed by atoms with Gasteiger partial charge in [-0.15, -0.1) is 0 Å². The number of likely N-dealkylation sites (tertiary alicyclic amines) is 1. The van der Waals surface area contributed by atoms with E-state index in [-0.39, 0.29) is 6.04 Å². The maximum absolute atomic E-state index is 13.6. The zero-order valence-electron chi connectivity index (χ0n) is 13.2. The molecule has 1 aliphatic rings. The van der Waals surface area contributed by atoms with Crippen LogP contribution in [0.25, 0.3) is 11.5 Å². The molecule has 2 atom stereocenters. The van der Waals surface area contributed by atoms with Gasteiger partial charge in [0.2, 0.25) is 5.76 Å². The molecule has 0 aliphatic carbocycles. The Morgan fingerprint density at radius 3 is 2.80 bits per heavy atom. The Kier molecular flexibility index (Phi) is 4.10. The third kappa shape index (κ3) is 3.20. The van der Waals surface area contributed by atoms with Crippen LogP contribution in [-0.4, -0.2) is 27.8 Å². The lowest BCUT2D eigenvalue weighted by atomic mass is 10.0. The number of aromatic nitrogens is 1. The van der Waals surface area contributed by atoms with E-state index in [0.29, 0.717) is 42.3 Å². The summed E-state index contributed by atoms with van der Waals surface area (Å²) in [6, 6.07) is 8.92. The van der Waals surface area contributed by atoms with Crippen LogP contribution in [0.3, 0.4) is 0 Å². The fourth-order valence-electron chi connectivity index (χ4n) is 3.25. The molecule has 0 radical (unpaired) electrons. The van der Waals surface area contributed by atoms with Crippen LogP contribution in [0.5, 0.6) is 0 Å². The Morgan fingerprint density at radius 1 is 1.16 bits per heavy atom. The van der Waals surface area contributed by atoms with Crippen LogP contribution >= 0.6 is 0 Å². The molecule has 0 bridgehead atoms. The van der Waals surface area contributed by atoms with Crippen LogP contribution in [0.2, 0.25) is 0 Å². The first-order chi connectivity index (χ1) is 12.1. The molecule has 25 heavy (non-hydrogen) atoms. The van der Waals surface area contributed by atoms with Crippen LogP contribution in [-0.2, 0) is 6.54 Å². The van der Waals surface area contributed by atoms with Crippen molar-refractivity contribution in [3.8, 4) is 11.5 Å². The van der Waals surface area contributed by atoms with Gasteiger partial charge in [-0.1, -0.05) is 11.2 Å². The topological polar surface area (TPSA) is 62.6 Å². The molecule has 1 aromatic carbocycles. The van der Waals surface area contributed by atoms with E-state index in [0.717, 1.165) is 6.07 Å². The summed E-state index contributed by atoms with van der Waals surface area (Å²) in [4.78, 5) is 1.97. The molecule has 0 amide bonds. The zero-order valence-corrected chi connectivity index (χ0v) is 13.2. The smallest absolute Gasteiger partial charge is 0.202 e. The zero-order chi connectivity index (χ0) is 17.4. The molecule has 130 valence electrons. The van der Waals surface area contributed by atoms with Gasteiger partial charge in [0.15, 0.2) is 17.4 Å². The van der Waals surface area contributed by atoms with Gasteiger partial charge >= 0.3 is 0 Å². The van der Waals surface area contributed by atoms with Crippen molar-refractivity contribution in [3.05, 3.63) is 65.6 Å². The first-order valence-corrected chi connectivity index (χ1v) is 7.96. The first-order valence-electron chi connectivity index (χ1n) is 7.96. The van der Waals surface area contributed by atoms with E-state index in [2.05, 4.69) is 5.16 Å². The number of furan rings is 1. The summed E-state index contributed by atoms with van der Waals surface area (Å²) < 4.78 is 37.3. The molecule has 0 saturated carbocycles. The summed E-state index contributed by atoms with van der Waals surface area (Å²) in [5.41, 5.74) is 1.30. The SMILES string of the molecule is O[C@@H]1C[C@@H](c2ccc(F)c(F)c2)N(Cc2cc(-c3ccco3)on2)C1. The molecule has 1 N–H and O–H groups in total. The van der Waals surface area contributed by atoms with Crippen molar-refractivity contribution in [2.75, 3.05) is 6.54 Å². The van der Waals surface area contributed by atoms with Crippen LogP contribution in [0.1, 0.15) is 23.7 Å². The molecule has 2 aromatic heterocycles. The average molecular weight is 346 g/mol. The largest absolute Gasteiger partial charge is 0.461 e. The van der Waals surface area contributed by atoms with Gasteiger partial charge in [0, 0.05) is 25.2 Å². The third-order valence-electron chi connectivity index (χ3n) is 4.40. The molecule has 1 fully saturated rings. The molecule has 3 aromatic rings. The van der Waals surface area contributed by atoms with Gasteiger partial charge in [0.25, 0.3) is 0 Å². The van der Waals surface area contributed by atoms with Crippen molar-refractivity contribution in [3.63, 3.8) is 0 Å². The Bertz CT molecular complexity index is 863. The van der Waals surface area contributed by atoms with Crippen molar-refractivity contribution in [2.24, 2.45) is 0 Å². The second kappa shape index (κ2) is 6.42. The predicted octanol–water partition coefficient (Wildman–Crippen LogP) is 3.52. The molecule has 5 nitrogen and oxygen atoms in total. The Hall–Kier alpha value is -2.51. The Balaban J connectivity index is 1.55. The highest BCUT2D eigenvalue weighted by atomic mass is 19.2. The minimum atomic E-state index is -0.889. The van der Waals surface area contributed by atoms with Crippen molar-refractivity contribution in [2.45, 2.75) is 25.1 Å². The van der Waals surface area contributed by atoms with Crippen LogP contribution in [0.4, 0.5) is 8.78 Å². The van der Waals surface area contributed by atoms with E-state index < -0.39 is 17.7 Å². The normalized spacial score (nSPS) is 21.1. The lowest BCUT2D eigenvalue weighted by Crippen LogP contribution is -2.24. The van der Waals surface area contributed by atoms with Gasteiger partial charge in [-0.2, -0.15) is 0 Å². The van der Waals surface area contributed by atoms with E-state index in [4.69, 9.17) is 8.94 Å². The molecule has 1 aliphatic heterocycles. The highest BCUT2D eigenvalue weighted by Crippen LogP contribution is 2.34. The minimum Gasteiger partial charge on any atom is -0.461 e. The number of hydrogen-bond acceptors (Lipinski definition) is 5. The highest BCUT2D eigenvalue weighted by Gasteiger charge is 2.33. The average Bonchev–Trinajstić information content (AvgIpc) is 3.31. The fraction of sp³-hybridized carbons (Fsp3) is 0.278. The van der Waals surface area contributed by atoms with Crippen molar-refractivity contribution >= 4 is 0 Å². The van der Waals surface area contributed by atoms with Gasteiger partial charge in [-0.05, 0) is 36.2 Å². The minimum absolute atomic E-state index is 0.214. The molecule has 7 heteroatoms. The number of benzene rings is 1. The van der Waals surface area contributed by atoms with E-state index in [1.807, 2.05) is 4.90 Å². The van der Waals surface area contributed by atoms with Gasteiger partial charge in [0.1, 0.15) is 0 Å². The predicted molar refractivity (Wildman–Crippen MR) is 84.3 cm³/mol. The lowest BCUT2D eigenvalue weighted by Gasteiger charge is -2.23. The summed E-state index contributed by atoms with van der Waals surface area (Å²) >= 11 is 0. The second-order valence-electron chi connectivity index (χ2n) is 6.17. The van der Waals surface area contributed by atoms with Crippen LogP contribution in [0, 0.1) is 11.6 Å².